The monoisotopic (exact) mass is 450 g/mol. The van der Waals surface area contributed by atoms with Gasteiger partial charge in [0.1, 0.15) is 23.6 Å². The number of carbonyl (C=O) groups excluding carboxylic acids is 3. The molecular weight excluding hydrogens is 436 g/mol. The van der Waals surface area contributed by atoms with E-state index in [4.69, 9.17) is 4.42 Å². The molecule has 0 saturated heterocycles. The maximum Gasteiger partial charge on any atom is 0.282 e. The summed E-state index contributed by atoms with van der Waals surface area (Å²) in [5, 5.41) is 18.8. The minimum atomic E-state index is -0.868. The molecule has 10 nitrogen and oxygen atoms in total. The fourth-order valence-electron chi connectivity index (χ4n) is 3.85. The predicted octanol–water partition coefficient (Wildman–Crippen LogP) is 3.22. The normalized spacial score (nSPS) is 17.6. The number of carbonyl (C=O) groups is 3. The molecule has 0 N–H and O–H groups in total. The van der Waals surface area contributed by atoms with E-state index in [2.05, 4.69) is 5.10 Å². The summed E-state index contributed by atoms with van der Waals surface area (Å²) in [6.07, 6.45) is 1.92. The van der Waals surface area contributed by atoms with Crippen molar-refractivity contribution in [3.8, 4) is 0 Å². The predicted molar refractivity (Wildman–Crippen MR) is 112 cm³/mol. The highest BCUT2D eigenvalue weighted by Gasteiger charge is 2.43. The van der Waals surface area contributed by atoms with E-state index in [0.717, 1.165) is 15.8 Å². The number of amides is 3. The molecule has 0 bridgehead atoms. The second kappa shape index (κ2) is 7.54. The van der Waals surface area contributed by atoms with Crippen molar-refractivity contribution in [3.63, 3.8) is 0 Å². The van der Waals surface area contributed by atoms with Gasteiger partial charge in [-0.05, 0) is 29.6 Å². The van der Waals surface area contributed by atoms with Gasteiger partial charge in [0.15, 0.2) is 0 Å². The van der Waals surface area contributed by atoms with E-state index in [1.165, 1.54) is 34.7 Å². The molecule has 2 aromatic heterocycles. The minimum Gasteiger partial charge on any atom is -0.463 e. The molecular formula is C21H14N4O6S. The van der Waals surface area contributed by atoms with Crippen LogP contribution in [-0.4, -0.2) is 44.8 Å². The van der Waals surface area contributed by atoms with Crippen LogP contribution in [0.3, 0.4) is 0 Å². The molecule has 2 aliphatic rings. The number of furan rings is 1. The lowest BCUT2D eigenvalue weighted by Crippen LogP contribution is -2.41. The second-order valence-corrected chi connectivity index (χ2v) is 8.13. The quantitative estimate of drug-likeness (QED) is 0.334. The fraction of sp³-hybridized carbons (Fsp3) is 0.143. The third-order valence-corrected chi connectivity index (χ3v) is 6.28. The van der Waals surface area contributed by atoms with Crippen molar-refractivity contribution in [2.75, 3.05) is 6.54 Å². The van der Waals surface area contributed by atoms with Gasteiger partial charge >= 0.3 is 0 Å². The molecule has 160 valence electrons. The van der Waals surface area contributed by atoms with Gasteiger partial charge in [0, 0.05) is 17.4 Å². The Morgan fingerprint density at radius 2 is 2.03 bits per heavy atom. The van der Waals surface area contributed by atoms with E-state index in [0.29, 0.717) is 17.9 Å². The topological polar surface area (TPSA) is 126 Å². The van der Waals surface area contributed by atoms with Gasteiger partial charge in [-0.25, -0.2) is 5.01 Å². The smallest absolute Gasteiger partial charge is 0.282 e. The summed E-state index contributed by atoms with van der Waals surface area (Å²) in [4.78, 5) is 51.0. The molecule has 1 atom stereocenters. The molecule has 11 heteroatoms. The lowest BCUT2D eigenvalue weighted by atomic mass is 10.1. The molecule has 0 radical (unpaired) electrons. The summed E-state index contributed by atoms with van der Waals surface area (Å²) in [5.41, 5.74) is -0.286. The van der Waals surface area contributed by atoms with Gasteiger partial charge < -0.3 is 4.42 Å². The average Bonchev–Trinajstić information content (AvgIpc) is 3.57. The molecule has 0 saturated carbocycles. The number of imide groups is 1. The van der Waals surface area contributed by atoms with Crippen LogP contribution in [0.4, 0.5) is 5.69 Å². The Hall–Kier alpha value is -4.12. The first-order valence-electron chi connectivity index (χ1n) is 9.56. The maximum absolute atomic E-state index is 13.2. The van der Waals surface area contributed by atoms with Crippen LogP contribution in [0.5, 0.6) is 0 Å². The van der Waals surface area contributed by atoms with Crippen molar-refractivity contribution < 1.29 is 23.7 Å². The summed E-state index contributed by atoms with van der Waals surface area (Å²) in [7, 11) is 0. The first-order valence-corrected chi connectivity index (χ1v) is 10.4. The van der Waals surface area contributed by atoms with Gasteiger partial charge in [0.05, 0.1) is 22.8 Å². The van der Waals surface area contributed by atoms with Crippen LogP contribution in [0.15, 0.2) is 63.6 Å². The van der Waals surface area contributed by atoms with Crippen LogP contribution in [0.1, 0.15) is 43.8 Å². The highest BCUT2D eigenvalue weighted by molar-refractivity contribution is 7.10. The lowest BCUT2D eigenvalue weighted by Gasteiger charge is -2.23. The van der Waals surface area contributed by atoms with Crippen molar-refractivity contribution in [1.82, 2.24) is 9.91 Å². The van der Waals surface area contributed by atoms with Crippen molar-refractivity contribution >= 4 is 40.5 Å². The van der Waals surface area contributed by atoms with E-state index in [9.17, 15) is 24.5 Å². The zero-order chi connectivity index (χ0) is 22.4. The molecule has 1 aromatic carbocycles. The molecule has 0 spiro atoms. The van der Waals surface area contributed by atoms with Crippen LogP contribution >= 0.6 is 11.3 Å². The molecule has 32 heavy (non-hydrogen) atoms. The van der Waals surface area contributed by atoms with Crippen LogP contribution in [-0.2, 0) is 4.79 Å². The molecule has 0 fully saturated rings. The van der Waals surface area contributed by atoms with Crippen molar-refractivity contribution in [2.45, 2.75) is 12.5 Å². The van der Waals surface area contributed by atoms with Gasteiger partial charge in [-0.15, -0.1) is 11.3 Å². The molecule has 2 aliphatic heterocycles. The SMILES string of the molecule is O=C1c2cccc([N+](=O)[O-])c2C(=O)N1CC(=O)N1N=C(c2ccco2)CC1c1cccs1. The molecule has 3 amide bonds. The van der Waals surface area contributed by atoms with Gasteiger partial charge in [-0.3, -0.25) is 29.4 Å². The highest BCUT2D eigenvalue weighted by Crippen LogP contribution is 2.36. The Morgan fingerprint density at radius 3 is 2.72 bits per heavy atom. The first-order chi connectivity index (χ1) is 15.5. The van der Waals surface area contributed by atoms with Crippen LogP contribution in [0.25, 0.3) is 0 Å². The number of hydrogen-bond donors (Lipinski definition) is 0. The zero-order valence-corrected chi connectivity index (χ0v) is 17.2. The van der Waals surface area contributed by atoms with E-state index >= 15 is 0 Å². The Bertz CT molecular complexity index is 1280. The number of rotatable bonds is 5. The number of nitro groups is 1. The molecule has 3 aromatic rings. The molecule has 5 rings (SSSR count). The minimum absolute atomic E-state index is 0.0898. The first kappa shape index (κ1) is 19.8. The fourth-order valence-corrected chi connectivity index (χ4v) is 4.67. The second-order valence-electron chi connectivity index (χ2n) is 7.15. The summed E-state index contributed by atoms with van der Waals surface area (Å²) in [6.45, 7) is -0.583. The number of hydrazone groups is 1. The van der Waals surface area contributed by atoms with E-state index in [1.807, 2.05) is 17.5 Å². The Kier molecular flexibility index (Phi) is 4.67. The highest BCUT2D eigenvalue weighted by atomic mass is 32.1. The Morgan fingerprint density at radius 1 is 1.19 bits per heavy atom. The molecule has 1 unspecified atom stereocenters. The number of nitro benzene ring substituents is 1. The number of fused-ring (bicyclic) bond motifs is 1. The van der Waals surface area contributed by atoms with Crippen molar-refractivity contribution in [1.29, 1.82) is 0 Å². The van der Waals surface area contributed by atoms with Gasteiger partial charge in [-0.1, -0.05) is 12.1 Å². The van der Waals surface area contributed by atoms with E-state index in [-0.39, 0.29) is 11.1 Å². The van der Waals surface area contributed by atoms with Crippen molar-refractivity contribution in [2.24, 2.45) is 5.10 Å². The van der Waals surface area contributed by atoms with Crippen molar-refractivity contribution in [3.05, 3.63) is 86.0 Å². The summed E-state index contributed by atoms with van der Waals surface area (Å²) < 4.78 is 5.41. The molecule has 4 heterocycles. The third kappa shape index (κ3) is 3.10. The van der Waals surface area contributed by atoms with E-state index in [1.54, 1.807) is 12.1 Å². The zero-order valence-electron chi connectivity index (χ0n) is 16.3. The van der Waals surface area contributed by atoms with Gasteiger partial charge in [0.25, 0.3) is 23.4 Å². The maximum atomic E-state index is 13.2. The summed E-state index contributed by atoms with van der Waals surface area (Å²) >= 11 is 1.46. The largest absolute Gasteiger partial charge is 0.463 e. The number of nitrogens with zero attached hydrogens (tertiary/aromatic N) is 4. The van der Waals surface area contributed by atoms with Gasteiger partial charge in [0.2, 0.25) is 0 Å². The number of thiophene rings is 1. The van der Waals surface area contributed by atoms with E-state index < -0.39 is 40.9 Å². The summed E-state index contributed by atoms with van der Waals surface area (Å²) in [5.74, 6) is -1.67. The number of hydrogen-bond acceptors (Lipinski definition) is 8. The summed E-state index contributed by atoms with van der Waals surface area (Å²) in [6, 6.07) is 10.6. The number of benzene rings is 1. The average molecular weight is 450 g/mol. The van der Waals surface area contributed by atoms with Crippen LogP contribution < -0.4 is 0 Å². The Labute approximate surface area is 184 Å². The third-order valence-electron chi connectivity index (χ3n) is 5.31. The standard InChI is InChI=1S/C21H14N4O6S/c26-18(11-23-20(27)12-4-1-5-14(25(29)30)19(12)21(23)28)24-15(17-7-3-9-32-17)10-13(22-24)16-6-2-8-31-16/h1-9,15H,10-11H2. The van der Waals surface area contributed by atoms with Crippen LogP contribution in [0, 0.1) is 10.1 Å². The molecule has 0 aliphatic carbocycles. The van der Waals surface area contributed by atoms with Gasteiger partial charge in [-0.2, -0.15) is 5.10 Å². The van der Waals surface area contributed by atoms with Crippen LogP contribution in [0.2, 0.25) is 0 Å². The lowest BCUT2D eigenvalue weighted by molar-refractivity contribution is -0.385. The Balaban J connectivity index is 1.44.